The van der Waals surface area contributed by atoms with E-state index in [4.69, 9.17) is 9.84 Å². The Balaban J connectivity index is 1.84. The Morgan fingerprint density at radius 1 is 1.30 bits per heavy atom. The molecule has 1 aromatic carbocycles. The van der Waals surface area contributed by atoms with Crippen molar-refractivity contribution in [3.05, 3.63) is 46.9 Å². The number of benzene rings is 1. The highest BCUT2D eigenvalue weighted by Crippen LogP contribution is 2.21. The lowest BCUT2D eigenvalue weighted by Gasteiger charge is -2.13. The number of hydrogen-bond acceptors (Lipinski definition) is 3. The highest BCUT2D eigenvalue weighted by Gasteiger charge is 2.30. The number of fused-ring (bicyclic) bond motifs is 1. The van der Waals surface area contributed by atoms with Gasteiger partial charge in [-0.3, -0.25) is 4.79 Å². The summed E-state index contributed by atoms with van der Waals surface area (Å²) < 4.78 is 7.03. The van der Waals surface area contributed by atoms with E-state index in [1.54, 1.807) is 16.8 Å². The van der Waals surface area contributed by atoms with Gasteiger partial charge in [0.05, 0.1) is 12.6 Å². The van der Waals surface area contributed by atoms with E-state index in [1.807, 2.05) is 24.3 Å². The van der Waals surface area contributed by atoms with Crippen molar-refractivity contribution in [1.82, 2.24) is 4.57 Å². The van der Waals surface area contributed by atoms with E-state index in [2.05, 4.69) is 0 Å². The fraction of sp³-hybridized carbons (Fsp3) is 0.333. The van der Waals surface area contributed by atoms with Crippen molar-refractivity contribution in [2.45, 2.75) is 31.6 Å². The predicted octanol–water partition coefficient (Wildman–Crippen LogP) is 1.63. The lowest BCUT2D eigenvalue weighted by atomic mass is 10.1. The first-order valence-electron chi connectivity index (χ1n) is 6.61. The van der Waals surface area contributed by atoms with Crippen LogP contribution in [-0.4, -0.2) is 27.9 Å². The number of rotatable bonds is 3. The molecule has 2 atom stereocenters. The van der Waals surface area contributed by atoms with Crippen LogP contribution in [0.15, 0.2) is 41.3 Å². The summed E-state index contributed by atoms with van der Waals surface area (Å²) in [6.07, 6.45) is 1.95. The average Bonchev–Trinajstić information content (AvgIpc) is 2.91. The summed E-state index contributed by atoms with van der Waals surface area (Å²) in [5, 5.41) is 10.5. The highest BCUT2D eigenvalue weighted by atomic mass is 16.5. The third kappa shape index (κ3) is 2.32. The van der Waals surface area contributed by atoms with Gasteiger partial charge in [0.15, 0.2) is 6.10 Å². The number of pyridine rings is 1. The molecular formula is C15H15NO4. The van der Waals surface area contributed by atoms with Crippen molar-refractivity contribution >= 4 is 16.7 Å². The van der Waals surface area contributed by atoms with Crippen LogP contribution < -0.4 is 5.56 Å². The maximum absolute atomic E-state index is 12.3. The molecule has 104 valence electrons. The Morgan fingerprint density at radius 3 is 2.85 bits per heavy atom. The summed E-state index contributed by atoms with van der Waals surface area (Å²) in [6, 6.07) is 9.31. The van der Waals surface area contributed by atoms with E-state index in [9.17, 15) is 9.59 Å². The van der Waals surface area contributed by atoms with Crippen LogP contribution in [0.4, 0.5) is 0 Å². The maximum Gasteiger partial charge on any atom is 0.332 e. The lowest BCUT2D eigenvalue weighted by Crippen LogP contribution is -2.28. The Bertz CT molecular complexity index is 706. The molecule has 2 heterocycles. The smallest absolute Gasteiger partial charge is 0.332 e. The number of carbonyl (C=O) groups is 1. The van der Waals surface area contributed by atoms with E-state index in [0.717, 1.165) is 5.39 Å². The predicted molar refractivity (Wildman–Crippen MR) is 73.7 cm³/mol. The number of ether oxygens (including phenoxy) is 1. The van der Waals surface area contributed by atoms with Gasteiger partial charge >= 0.3 is 5.97 Å². The maximum atomic E-state index is 12.3. The Hall–Kier alpha value is -2.14. The molecule has 1 fully saturated rings. The molecular weight excluding hydrogens is 258 g/mol. The second kappa shape index (κ2) is 5.09. The third-order valence-corrected chi connectivity index (χ3v) is 3.67. The molecule has 5 nitrogen and oxygen atoms in total. The van der Waals surface area contributed by atoms with Crippen LogP contribution in [0.5, 0.6) is 0 Å². The minimum absolute atomic E-state index is 0.0644. The fourth-order valence-corrected chi connectivity index (χ4v) is 2.61. The van der Waals surface area contributed by atoms with Crippen LogP contribution in [0.2, 0.25) is 0 Å². The summed E-state index contributed by atoms with van der Waals surface area (Å²) in [5.74, 6) is -0.932. The summed E-state index contributed by atoms with van der Waals surface area (Å²) in [4.78, 5) is 23.2. The minimum Gasteiger partial charge on any atom is -0.479 e. The molecule has 20 heavy (non-hydrogen) atoms. The third-order valence-electron chi connectivity index (χ3n) is 3.67. The molecule has 1 aromatic heterocycles. The summed E-state index contributed by atoms with van der Waals surface area (Å²) in [5.41, 5.74) is -0.0644. The minimum atomic E-state index is -0.932. The molecule has 1 aliphatic heterocycles. The molecule has 1 saturated heterocycles. The topological polar surface area (TPSA) is 68.5 Å². The van der Waals surface area contributed by atoms with Crippen molar-refractivity contribution in [2.24, 2.45) is 0 Å². The summed E-state index contributed by atoms with van der Waals surface area (Å²) in [7, 11) is 0. The van der Waals surface area contributed by atoms with Gasteiger partial charge in [-0.1, -0.05) is 18.2 Å². The van der Waals surface area contributed by atoms with Crippen molar-refractivity contribution in [3.63, 3.8) is 0 Å². The second-order valence-electron chi connectivity index (χ2n) is 5.02. The van der Waals surface area contributed by atoms with Gasteiger partial charge in [-0.05, 0) is 30.4 Å². The molecule has 2 unspecified atom stereocenters. The van der Waals surface area contributed by atoms with Gasteiger partial charge in [0.2, 0.25) is 0 Å². The first-order chi connectivity index (χ1) is 9.65. The highest BCUT2D eigenvalue weighted by molar-refractivity contribution is 5.81. The van der Waals surface area contributed by atoms with Crippen LogP contribution in [0, 0.1) is 0 Å². The molecule has 0 bridgehead atoms. The average molecular weight is 273 g/mol. The molecule has 0 amide bonds. The number of carboxylic acids is 1. The SMILES string of the molecule is O=C(O)C1CCC(Cn2ccc3ccccc3c2=O)O1. The molecule has 5 heteroatoms. The van der Waals surface area contributed by atoms with E-state index in [0.29, 0.717) is 24.8 Å². The normalized spacial score (nSPS) is 22.2. The molecule has 1 aliphatic rings. The first-order valence-corrected chi connectivity index (χ1v) is 6.61. The van der Waals surface area contributed by atoms with E-state index in [-0.39, 0.29) is 11.7 Å². The molecule has 2 aromatic rings. The van der Waals surface area contributed by atoms with Crippen LogP contribution in [0.3, 0.4) is 0 Å². The summed E-state index contributed by atoms with van der Waals surface area (Å²) >= 11 is 0. The van der Waals surface area contributed by atoms with Gasteiger partial charge in [0, 0.05) is 11.6 Å². The Kier molecular flexibility index (Phi) is 3.28. The van der Waals surface area contributed by atoms with Crippen LogP contribution in [0.25, 0.3) is 10.8 Å². The van der Waals surface area contributed by atoms with Gasteiger partial charge < -0.3 is 14.4 Å². The van der Waals surface area contributed by atoms with Crippen molar-refractivity contribution < 1.29 is 14.6 Å². The number of carboxylic acid groups (broad SMARTS) is 1. The van der Waals surface area contributed by atoms with E-state index < -0.39 is 12.1 Å². The van der Waals surface area contributed by atoms with Gasteiger partial charge in [-0.15, -0.1) is 0 Å². The quantitative estimate of drug-likeness (QED) is 0.923. The van der Waals surface area contributed by atoms with E-state index in [1.165, 1.54) is 0 Å². The van der Waals surface area contributed by atoms with Crippen LogP contribution in [-0.2, 0) is 16.1 Å². The van der Waals surface area contributed by atoms with Crippen molar-refractivity contribution in [1.29, 1.82) is 0 Å². The van der Waals surface area contributed by atoms with Crippen molar-refractivity contribution in [2.75, 3.05) is 0 Å². The first kappa shape index (κ1) is 12.9. The standard InChI is InChI=1S/C15H15NO4/c17-14-12-4-2-1-3-10(12)7-8-16(14)9-11-5-6-13(20-11)15(18)19/h1-4,7-8,11,13H,5-6,9H2,(H,18,19). The van der Waals surface area contributed by atoms with Gasteiger partial charge in [-0.2, -0.15) is 0 Å². The van der Waals surface area contributed by atoms with E-state index >= 15 is 0 Å². The number of nitrogens with zero attached hydrogens (tertiary/aromatic N) is 1. The zero-order valence-electron chi connectivity index (χ0n) is 10.9. The molecule has 3 rings (SSSR count). The molecule has 0 spiro atoms. The van der Waals surface area contributed by atoms with Gasteiger partial charge in [0.25, 0.3) is 5.56 Å². The zero-order chi connectivity index (χ0) is 14.1. The number of hydrogen-bond donors (Lipinski definition) is 1. The zero-order valence-corrected chi connectivity index (χ0v) is 10.9. The second-order valence-corrected chi connectivity index (χ2v) is 5.02. The monoisotopic (exact) mass is 273 g/mol. The molecule has 1 N–H and O–H groups in total. The van der Waals surface area contributed by atoms with Gasteiger partial charge in [0.1, 0.15) is 0 Å². The molecule has 0 aliphatic carbocycles. The van der Waals surface area contributed by atoms with Crippen LogP contribution >= 0.6 is 0 Å². The largest absolute Gasteiger partial charge is 0.479 e. The fourth-order valence-electron chi connectivity index (χ4n) is 2.61. The van der Waals surface area contributed by atoms with Crippen molar-refractivity contribution in [3.8, 4) is 0 Å². The van der Waals surface area contributed by atoms with Gasteiger partial charge in [-0.25, -0.2) is 4.79 Å². The van der Waals surface area contributed by atoms with Crippen LogP contribution in [0.1, 0.15) is 12.8 Å². The number of aliphatic carboxylic acids is 1. The summed E-state index contributed by atoms with van der Waals surface area (Å²) in [6.45, 7) is 0.396. The number of aromatic nitrogens is 1. The lowest BCUT2D eigenvalue weighted by molar-refractivity contribution is -0.149. The Morgan fingerprint density at radius 2 is 2.10 bits per heavy atom. The molecule has 0 radical (unpaired) electrons. The Labute approximate surface area is 115 Å². The molecule has 0 saturated carbocycles.